The summed E-state index contributed by atoms with van der Waals surface area (Å²) in [5, 5.41) is 8.29. The molecule has 1 aliphatic rings. The van der Waals surface area contributed by atoms with Crippen molar-refractivity contribution in [3.05, 3.63) is 11.1 Å². The van der Waals surface area contributed by atoms with E-state index in [0.717, 1.165) is 18.5 Å². The first-order chi connectivity index (χ1) is 7.24. The van der Waals surface area contributed by atoms with Gasteiger partial charge in [0.25, 0.3) is 0 Å². The van der Waals surface area contributed by atoms with E-state index in [0.29, 0.717) is 11.2 Å². The number of rotatable bonds is 2. The first kappa shape index (κ1) is 10.4. The lowest BCUT2D eigenvalue weighted by Crippen LogP contribution is -2.36. The SMILES string of the molecule is Cc1csc(NC(=O)NC2CCCC2)n1. The van der Waals surface area contributed by atoms with Crippen LogP contribution in [0.25, 0.3) is 0 Å². The maximum absolute atomic E-state index is 11.5. The number of aryl methyl sites for hydroxylation is 1. The van der Waals surface area contributed by atoms with Crippen molar-refractivity contribution in [3.63, 3.8) is 0 Å². The van der Waals surface area contributed by atoms with E-state index in [-0.39, 0.29) is 6.03 Å². The van der Waals surface area contributed by atoms with Crippen LogP contribution in [0.15, 0.2) is 5.38 Å². The molecule has 1 fully saturated rings. The van der Waals surface area contributed by atoms with Crippen LogP contribution in [-0.2, 0) is 0 Å². The summed E-state index contributed by atoms with van der Waals surface area (Å²) in [6.45, 7) is 1.91. The van der Waals surface area contributed by atoms with E-state index in [9.17, 15) is 4.79 Å². The van der Waals surface area contributed by atoms with Gasteiger partial charge in [0.15, 0.2) is 5.13 Å². The Balaban J connectivity index is 1.81. The van der Waals surface area contributed by atoms with Crippen LogP contribution < -0.4 is 10.6 Å². The highest BCUT2D eigenvalue weighted by Crippen LogP contribution is 2.18. The minimum atomic E-state index is -0.128. The standard InChI is InChI=1S/C10H15N3OS/c1-7-6-15-10(11-7)13-9(14)12-8-4-2-3-5-8/h6,8H,2-5H2,1H3,(H2,11,12,13,14). The lowest BCUT2D eigenvalue weighted by atomic mass is 10.3. The molecule has 0 radical (unpaired) electrons. The van der Waals surface area contributed by atoms with Gasteiger partial charge in [-0.25, -0.2) is 9.78 Å². The molecule has 0 saturated heterocycles. The molecule has 1 saturated carbocycles. The molecule has 1 heterocycles. The van der Waals surface area contributed by atoms with Gasteiger partial charge in [-0.3, -0.25) is 5.32 Å². The van der Waals surface area contributed by atoms with E-state index in [1.807, 2.05) is 12.3 Å². The highest BCUT2D eigenvalue weighted by atomic mass is 32.1. The molecule has 15 heavy (non-hydrogen) atoms. The zero-order valence-corrected chi connectivity index (χ0v) is 9.56. The fourth-order valence-corrected chi connectivity index (χ4v) is 2.48. The predicted octanol–water partition coefficient (Wildman–Crippen LogP) is 2.52. The van der Waals surface area contributed by atoms with E-state index in [2.05, 4.69) is 15.6 Å². The number of anilines is 1. The molecular weight excluding hydrogens is 210 g/mol. The Bertz CT molecular complexity index is 344. The molecule has 1 aromatic rings. The number of urea groups is 1. The van der Waals surface area contributed by atoms with E-state index in [1.165, 1.54) is 24.2 Å². The highest BCUT2D eigenvalue weighted by molar-refractivity contribution is 7.13. The van der Waals surface area contributed by atoms with Crippen molar-refractivity contribution in [1.29, 1.82) is 0 Å². The number of nitrogens with one attached hydrogen (secondary N) is 2. The van der Waals surface area contributed by atoms with E-state index >= 15 is 0 Å². The summed E-state index contributed by atoms with van der Waals surface area (Å²) in [5.74, 6) is 0. The van der Waals surface area contributed by atoms with Crippen molar-refractivity contribution in [2.24, 2.45) is 0 Å². The van der Waals surface area contributed by atoms with Crippen molar-refractivity contribution in [1.82, 2.24) is 10.3 Å². The van der Waals surface area contributed by atoms with Gasteiger partial charge in [0.2, 0.25) is 0 Å². The average molecular weight is 225 g/mol. The Kier molecular flexibility index (Phi) is 3.20. The van der Waals surface area contributed by atoms with Crippen molar-refractivity contribution in [3.8, 4) is 0 Å². The maximum Gasteiger partial charge on any atom is 0.321 e. The summed E-state index contributed by atoms with van der Waals surface area (Å²) in [6.07, 6.45) is 4.65. The lowest BCUT2D eigenvalue weighted by Gasteiger charge is -2.11. The summed E-state index contributed by atoms with van der Waals surface area (Å²) < 4.78 is 0. The number of amides is 2. The van der Waals surface area contributed by atoms with Gasteiger partial charge < -0.3 is 5.32 Å². The number of thiazole rings is 1. The first-order valence-corrected chi connectivity index (χ1v) is 6.11. The third kappa shape index (κ3) is 2.92. The fraction of sp³-hybridized carbons (Fsp3) is 0.600. The molecule has 0 unspecified atom stereocenters. The second-order valence-electron chi connectivity index (χ2n) is 3.87. The van der Waals surface area contributed by atoms with Crippen LogP contribution in [0.4, 0.5) is 9.93 Å². The van der Waals surface area contributed by atoms with Crippen molar-refractivity contribution >= 4 is 22.5 Å². The molecule has 2 amide bonds. The van der Waals surface area contributed by atoms with Crippen LogP contribution in [0.3, 0.4) is 0 Å². The molecule has 82 valence electrons. The third-order valence-electron chi connectivity index (χ3n) is 2.53. The molecule has 2 rings (SSSR count). The summed E-state index contributed by atoms with van der Waals surface area (Å²) in [5.41, 5.74) is 0.941. The van der Waals surface area contributed by atoms with Crippen LogP contribution >= 0.6 is 11.3 Å². The van der Waals surface area contributed by atoms with Gasteiger partial charge in [-0.1, -0.05) is 12.8 Å². The third-order valence-corrected chi connectivity index (χ3v) is 3.41. The molecule has 4 nitrogen and oxygen atoms in total. The lowest BCUT2D eigenvalue weighted by molar-refractivity contribution is 0.248. The van der Waals surface area contributed by atoms with Crippen molar-refractivity contribution < 1.29 is 4.79 Å². The molecule has 1 aromatic heterocycles. The van der Waals surface area contributed by atoms with Gasteiger partial charge in [-0.15, -0.1) is 11.3 Å². The second kappa shape index (κ2) is 4.61. The van der Waals surface area contributed by atoms with Crippen LogP contribution in [0.2, 0.25) is 0 Å². The Hall–Kier alpha value is -1.10. The van der Waals surface area contributed by atoms with Crippen LogP contribution in [0.5, 0.6) is 0 Å². The Labute approximate surface area is 93.1 Å². The molecule has 5 heteroatoms. The van der Waals surface area contributed by atoms with Gasteiger partial charge in [0.1, 0.15) is 0 Å². The van der Waals surface area contributed by atoms with E-state index in [4.69, 9.17) is 0 Å². The number of carbonyl (C=O) groups excluding carboxylic acids is 1. The zero-order chi connectivity index (χ0) is 10.7. The molecule has 0 bridgehead atoms. The van der Waals surface area contributed by atoms with Crippen LogP contribution in [-0.4, -0.2) is 17.1 Å². The minimum absolute atomic E-state index is 0.128. The number of hydrogen-bond acceptors (Lipinski definition) is 3. The van der Waals surface area contributed by atoms with Gasteiger partial charge >= 0.3 is 6.03 Å². The summed E-state index contributed by atoms with van der Waals surface area (Å²) in [6, 6.07) is 0.224. The number of hydrogen-bond donors (Lipinski definition) is 2. The van der Waals surface area contributed by atoms with Crippen LogP contribution in [0, 0.1) is 6.92 Å². The van der Waals surface area contributed by atoms with Gasteiger partial charge in [0, 0.05) is 11.4 Å². The smallest absolute Gasteiger partial charge is 0.321 e. The van der Waals surface area contributed by atoms with Gasteiger partial charge in [-0.2, -0.15) is 0 Å². The molecule has 0 aliphatic heterocycles. The zero-order valence-electron chi connectivity index (χ0n) is 8.75. The first-order valence-electron chi connectivity index (χ1n) is 5.24. The number of aromatic nitrogens is 1. The monoisotopic (exact) mass is 225 g/mol. The summed E-state index contributed by atoms with van der Waals surface area (Å²) in [4.78, 5) is 15.7. The van der Waals surface area contributed by atoms with Gasteiger partial charge in [0.05, 0.1) is 5.69 Å². The summed E-state index contributed by atoms with van der Waals surface area (Å²) in [7, 11) is 0. The topological polar surface area (TPSA) is 54.0 Å². The Morgan fingerprint density at radius 3 is 2.87 bits per heavy atom. The Morgan fingerprint density at radius 1 is 1.53 bits per heavy atom. The normalized spacial score (nSPS) is 16.6. The number of nitrogens with zero attached hydrogens (tertiary/aromatic N) is 1. The second-order valence-corrected chi connectivity index (χ2v) is 4.73. The fourth-order valence-electron chi connectivity index (χ4n) is 1.80. The van der Waals surface area contributed by atoms with Crippen molar-refractivity contribution in [2.75, 3.05) is 5.32 Å². The molecule has 0 aromatic carbocycles. The van der Waals surface area contributed by atoms with E-state index < -0.39 is 0 Å². The minimum Gasteiger partial charge on any atom is -0.335 e. The van der Waals surface area contributed by atoms with E-state index in [1.54, 1.807) is 0 Å². The molecular formula is C10H15N3OS. The summed E-state index contributed by atoms with van der Waals surface area (Å²) >= 11 is 1.45. The van der Waals surface area contributed by atoms with Crippen molar-refractivity contribution in [2.45, 2.75) is 38.6 Å². The molecule has 0 spiro atoms. The average Bonchev–Trinajstić information content (AvgIpc) is 2.77. The number of carbonyl (C=O) groups is 1. The molecule has 2 N–H and O–H groups in total. The molecule has 1 aliphatic carbocycles. The highest BCUT2D eigenvalue weighted by Gasteiger charge is 2.17. The maximum atomic E-state index is 11.5. The van der Waals surface area contributed by atoms with Gasteiger partial charge in [-0.05, 0) is 19.8 Å². The molecule has 0 atom stereocenters. The predicted molar refractivity (Wildman–Crippen MR) is 61.3 cm³/mol. The Morgan fingerprint density at radius 2 is 2.27 bits per heavy atom. The quantitative estimate of drug-likeness (QED) is 0.812. The van der Waals surface area contributed by atoms with Crippen LogP contribution in [0.1, 0.15) is 31.4 Å². The largest absolute Gasteiger partial charge is 0.335 e.